The zero-order chi connectivity index (χ0) is 13.2. The summed E-state index contributed by atoms with van der Waals surface area (Å²) in [6.45, 7) is 3.83. The van der Waals surface area contributed by atoms with E-state index >= 15 is 0 Å². The van der Waals surface area contributed by atoms with E-state index in [2.05, 4.69) is 23.6 Å². The summed E-state index contributed by atoms with van der Waals surface area (Å²) in [4.78, 5) is 40.8. The van der Waals surface area contributed by atoms with Crippen molar-refractivity contribution in [2.24, 2.45) is 0 Å². The molecule has 17 heavy (non-hydrogen) atoms. The average molecular weight is 436 g/mol. The van der Waals surface area contributed by atoms with E-state index < -0.39 is 11.4 Å². The molecule has 0 aliphatic heterocycles. The van der Waals surface area contributed by atoms with Gasteiger partial charge in [-0.1, -0.05) is 13.8 Å². The van der Waals surface area contributed by atoms with Gasteiger partial charge in [-0.3, -0.25) is 0 Å². The van der Waals surface area contributed by atoms with Crippen LogP contribution in [0.1, 0.15) is 26.7 Å². The van der Waals surface area contributed by atoms with Crippen molar-refractivity contribution in [1.29, 1.82) is 0 Å². The molecule has 0 aromatic carbocycles. The van der Waals surface area contributed by atoms with Gasteiger partial charge in [-0.15, -0.1) is 23.6 Å². The van der Waals surface area contributed by atoms with Crippen LogP contribution in [0.3, 0.4) is 0 Å². The van der Waals surface area contributed by atoms with Gasteiger partial charge >= 0.3 is 21.1 Å². The molecule has 0 N–H and O–H groups in total. The molecule has 11 heteroatoms. The van der Waals surface area contributed by atoms with Gasteiger partial charge in [-0.2, -0.15) is 34.2 Å². The number of rotatable bonds is 6. The van der Waals surface area contributed by atoms with Crippen molar-refractivity contribution in [2.75, 3.05) is 11.5 Å². The van der Waals surface area contributed by atoms with Crippen LogP contribution in [0.2, 0.25) is 0 Å². The monoisotopic (exact) mass is 438 g/mol. The van der Waals surface area contributed by atoms with Crippen molar-refractivity contribution >= 4 is 57.8 Å². The Balaban J connectivity index is -0.000000218. The third-order valence-corrected chi connectivity index (χ3v) is 7.61. The predicted molar refractivity (Wildman–Crippen MR) is 74.1 cm³/mol. The molecule has 0 aliphatic rings. The van der Waals surface area contributed by atoms with E-state index in [4.69, 9.17) is 0 Å². The molecule has 0 aromatic rings. The van der Waals surface area contributed by atoms with E-state index in [1.54, 1.807) is 0 Å². The zero-order valence-electron chi connectivity index (χ0n) is 9.40. The second kappa shape index (κ2) is 13.5. The summed E-state index contributed by atoms with van der Waals surface area (Å²) < 4.78 is 0. The summed E-state index contributed by atoms with van der Waals surface area (Å²) in [5, 5.41) is 0. The molecule has 0 spiro atoms. The van der Waals surface area contributed by atoms with Gasteiger partial charge < -0.3 is 19.6 Å². The van der Waals surface area contributed by atoms with Crippen LogP contribution in [0.5, 0.6) is 0 Å². The molecule has 0 rings (SSSR count). The van der Waals surface area contributed by atoms with E-state index in [1.165, 1.54) is 0 Å². The van der Waals surface area contributed by atoms with Crippen LogP contribution in [0.4, 0.5) is 0 Å². The Kier molecular flexibility index (Phi) is 19.5. The molecule has 4 nitrogen and oxygen atoms in total. The second-order valence-electron chi connectivity index (χ2n) is 2.56. The van der Waals surface area contributed by atoms with Gasteiger partial charge in [0.25, 0.3) is 0 Å². The molecule has 0 aliphatic carbocycles. The van der Waals surface area contributed by atoms with Crippen molar-refractivity contribution in [2.45, 2.75) is 26.7 Å². The van der Waals surface area contributed by atoms with Crippen molar-refractivity contribution in [3.8, 4) is 0 Å². The smallest absolute Gasteiger partial charge is 0.825 e. The largest absolute Gasteiger partial charge is 4.00 e. The minimum absolute atomic E-state index is 0. The first-order chi connectivity index (χ1) is 7.12. The number of hydrogen-bond donors (Lipinski definition) is 0. The van der Waals surface area contributed by atoms with E-state index in [9.17, 15) is 19.6 Å². The summed E-state index contributed by atoms with van der Waals surface area (Å²) in [6, 6.07) is 0. The Hall–Kier alpha value is 2.53. The van der Waals surface area contributed by atoms with Crippen LogP contribution in [-0.2, 0) is 44.7 Å². The third-order valence-electron chi connectivity index (χ3n) is 0.907. The molecule has 0 unspecified atom stereocenters. The Morgan fingerprint density at radius 1 is 0.824 bits per heavy atom. The van der Waals surface area contributed by atoms with Crippen LogP contribution in [0.15, 0.2) is 0 Å². The second-order valence-corrected chi connectivity index (χ2v) is 14.4. The van der Waals surface area contributed by atoms with E-state index in [1.807, 2.05) is 13.8 Å². The van der Waals surface area contributed by atoms with E-state index in [0.29, 0.717) is 11.5 Å². The fourth-order valence-electron chi connectivity index (χ4n) is 0.406. The summed E-state index contributed by atoms with van der Waals surface area (Å²) in [7, 11) is 0. The normalized spacial score (nSPS) is 11.2. The van der Waals surface area contributed by atoms with Gasteiger partial charge in [0.2, 0.25) is 0 Å². The first-order valence-corrected chi connectivity index (χ1v) is 12.9. The topological polar surface area (TPSA) is 92.2 Å². The molecule has 0 saturated carbocycles. The van der Waals surface area contributed by atoms with Gasteiger partial charge in [0.05, 0.1) is 0 Å². The van der Waals surface area contributed by atoms with Gasteiger partial charge in [0.1, 0.15) is 0 Å². The van der Waals surface area contributed by atoms with Gasteiger partial charge in [0.15, 0.2) is 0 Å². The fourth-order valence-corrected chi connectivity index (χ4v) is 5.00. The van der Waals surface area contributed by atoms with Gasteiger partial charge in [-0.05, 0) is 24.3 Å². The minimum atomic E-state index is -3.43. The SMILES string of the molecule is CCCSP([O-])([O-])=S.CCCSP([O-])([O-])=S.[Mo+4]. The molecule has 0 bridgehead atoms. The summed E-state index contributed by atoms with van der Waals surface area (Å²) in [5.41, 5.74) is -6.86. The summed E-state index contributed by atoms with van der Waals surface area (Å²) in [5.74, 6) is 1.23. The summed E-state index contributed by atoms with van der Waals surface area (Å²) >= 11 is 9.92. The Labute approximate surface area is 135 Å². The average Bonchev–Trinajstić information content (AvgIpc) is 2.10. The zero-order valence-corrected chi connectivity index (χ0v) is 16.5. The van der Waals surface area contributed by atoms with Crippen LogP contribution in [0, 0.1) is 0 Å². The van der Waals surface area contributed by atoms with Crippen LogP contribution in [0.25, 0.3) is 0 Å². The molecule has 0 heterocycles. The molecule has 0 atom stereocenters. The molecule has 0 saturated heterocycles. The Morgan fingerprint density at radius 2 is 1.06 bits per heavy atom. The Morgan fingerprint density at radius 3 is 1.12 bits per heavy atom. The third kappa shape index (κ3) is 32.2. The van der Waals surface area contributed by atoms with Crippen molar-refractivity contribution in [1.82, 2.24) is 0 Å². The van der Waals surface area contributed by atoms with Crippen molar-refractivity contribution < 1.29 is 40.6 Å². The van der Waals surface area contributed by atoms with E-state index in [0.717, 1.165) is 35.6 Å². The van der Waals surface area contributed by atoms with Crippen molar-refractivity contribution in [3.63, 3.8) is 0 Å². The molecule has 0 radical (unpaired) electrons. The Bertz CT molecular complexity index is 230. The van der Waals surface area contributed by atoms with Gasteiger partial charge in [-0.25, -0.2) is 0 Å². The molecule has 102 valence electrons. The minimum Gasteiger partial charge on any atom is -0.825 e. The maximum atomic E-state index is 10.2. The molecule has 0 aromatic heterocycles. The molecular weight excluding hydrogens is 422 g/mol. The molecule has 0 amide bonds. The van der Waals surface area contributed by atoms with Crippen LogP contribution < -0.4 is 19.6 Å². The maximum absolute atomic E-state index is 10.2. The first kappa shape index (κ1) is 24.5. The van der Waals surface area contributed by atoms with Crippen molar-refractivity contribution in [3.05, 3.63) is 0 Å². The first-order valence-electron chi connectivity index (χ1n) is 4.45. The standard InChI is InChI=1S/2C3H9O2PS2.Mo/c2*1-2-3-8-6(4,5)7;/h2*2-3H2,1H3,(H2,4,5,7);/q;;+4/p-4. The summed E-state index contributed by atoms with van der Waals surface area (Å²) in [6.07, 6.45) is 1.71. The van der Waals surface area contributed by atoms with E-state index in [-0.39, 0.29) is 21.1 Å². The molecular formula is C6H14MoO4P2S4. The number of hydrogen-bond acceptors (Lipinski definition) is 8. The predicted octanol–water partition coefficient (Wildman–Crippen LogP) is 0.147. The quantitative estimate of drug-likeness (QED) is 0.429. The van der Waals surface area contributed by atoms with Gasteiger partial charge in [0, 0.05) is 0 Å². The van der Waals surface area contributed by atoms with Crippen LogP contribution >= 0.6 is 34.2 Å². The maximum Gasteiger partial charge on any atom is 4.00 e. The fraction of sp³-hybridized carbons (Fsp3) is 1.00. The van der Waals surface area contributed by atoms with Crippen LogP contribution in [-0.4, -0.2) is 11.5 Å². The molecule has 0 fully saturated rings.